The highest BCUT2D eigenvalue weighted by Gasteiger charge is 2.23. The normalized spacial score (nSPS) is 14.7. The first-order valence-corrected chi connectivity index (χ1v) is 4.04. The Hall–Kier alpha value is -1.59. The Morgan fingerprint density at radius 1 is 1.29 bits per heavy atom. The minimum Gasteiger partial charge on any atom is -0.479 e. The van der Waals surface area contributed by atoms with Gasteiger partial charge in [-0.1, -0.05) is 12.1 Å². The lowest BCUT2D eigenvalue weighted by molar-refractivity contribution is -0.147. The third-order valence-electron chi connectivity index (χ3n) is 1.91. The molecule has 0 saturated carbocycles. The number of nitrogens with two attached hydrogens (primary N) is 2. The first kappa shape index (κ1) is 10.5. The topological polar surface area (TPSA) is 110 Å². The average Bonchev–Trinajstić information content (AvgIpc) is 2.16. The lowest BCUT2D eigenvalue weighted by Gasteiger charge is -2.15. The molecule has 0 aliphatic heterocycles. The van der Waals surface area contributed by atoms with E-state index in [9.17, 15) is 4.79 Å². The van der Waals surface area contributed by atoms with E-state index in [1.165, 1.54) is 0 Å². The molecule has 0 saturated heterocycles. The summed E-state index contributed by atoms with van der Waals surface area (Å²) in [5, 5.41) is 17.7. The maximum atomic E-state index is 10.4. The van der Waals surface area contributed by atoms with Crippen molar-refractivity contribution in [2.24, 2.45) is 5.73 Å². The number of aliphatic hydroxyl groups excluding tert-OH is 1. The van der Waals surface area contributed by atoms with E-state index in [1.54, 1.807) is 24.3 Å². The average molecular weight is 196 g/mol. The third kappa shape index (κ3) is 2.21. The third-order valence-corrected chi connectivity index (χ3v) is 1.91. The van der Waals surface area contributed by atoms with Gasteiger partial charge in [-0.15, -0.1) is 0 Å². The quantitative estimate of drug-likeness (QED) is 0.497. The summed E-state index contributed by atoms with van der Waals surface area (Å²) in [4.78, 5) is 10.4. The van der Waals surface area contributed by atoms with Gasteiger partial charge in [0.2, 0.25) is 0 Å². The molecule has 0 aromatic heterocycles. The van der Waals surface area contributed by atoms with Crippen molar-refractivity contribution >= 4 is 11.7 Å². The number of carbonyl (C=O) groups is 1. The van der Waals surface area contributed by atoms with E-state index in [-0.39, 0.29) is 0 Å². The van der Waals surface area contributed by atoms with Crippen molar-refractivity contribution in [2.75, 3.05) is 5.73 Å². The predicted octanol–water partition coefficient (Wildman–Crippen LogP) is -0.286. The predicted molar refractivity (Wildman–Crippen MR) is 51.4 cm³/mol. The number of hydrogen-bond acceptors (Lipinski definition) is 4. The minimum absolute atomic E-state index is 0.536. The van der Waals surface area contributed by atoms with Crippen LogP contribution in [0.25, 0.3) is 0 Å². The van der Waals surface area contributed by atoms with Gasteiger partial charge in [0, 0.05) is 5.69 Å². The van der Waals surface area contributed by atoms with Crippen LogP contribution in [0.1, 0.15) is 11.6 Å². The van der Waals surface area contributed by atoms with Crippen LogP contribution in [0, 0.1) is 0 Å². The summed E-state index contributed by atoms with van der Waals surface area (Å²) in [6, 6.07) is 5.44. The largest absolute Gasteiger partial charge is 0.479 e. The van der Waals surface area contributed by atoms with Crippen LogP contribution in [0.15, 0.2) is 24.3 Å². The maximum Gasteiger partial charge on any atom is 0.334 e. The highest BCUT2D eigenvalue weighted by molar-refractivity contribution is 5.73. The van der Waals surface area contributed by atoms with Crippen molar-refractivity contribution in [3.63, 3.8) is 0 Å². The molecular formula is C9H12N2O3. The number of anilines is 1. The Balaban J connectivity index is 2.84. The summed E-state index contributed by atoms with van der Waals surface area (Å²) in [6.07, 6.45) is -1.60. The van der Waals surface area contributed by atoms with Gasteiger partial charge in [-0.25, -0.2) is 4.79 Å². The van der Waals surface area contributed by atoms with Crippen molar-refractivity contribution in [3.05, 3.63) is 29.8 Å². The van der Waals surface area contributed by atoms with E-state index < -0.39 is 18.1 Å². The van der Waals surface area contributed by atoms with Crippen LogP contribution in [0.3, 0.4) is 0 Å². The minimum atomic E-state index is -1.60. The van der Waals surface area contributed by atoms with Crippen LogP contribution >= 0.6 is 0 Å². The van der Waals surface area contributed by atoms with Gasteiger partial charge in [0.05, 0.1) is 6.04 Å². The second-order valence-corrected chi connectivity index (χ2v) is 2.98. The van der Waals surface area contributed by atoms with E-state index in [2.05, 4.69) is 0 Å². The number of carboxylic acid groups (broad SMARTS) is 1. The van der Waals surface area contributed by atoms with Gasteiger partial charge in [0.1, 0.15) is 0 Å². The molecule has 1 rings (SSSR count). The molecule has 0 aliphatic rings. The molecule has 76 valence electrons. The smallest absolute Gasteiger partial charge is 0.334 e. The Kier molecular flexibility index (Phi) is 3.06. The summed E-state index contributed by atoms with van der Waals surface area (Å²) in [5.41, 5.74) is 12.1. The van der Waals surface area contributed by atoms with Crippen LogP contribution in [-0.4, -0.2) is 22.3 Å². The summed E-state index contributed by atoms with van der Waals surface area (Å²) < 4.78 is 0. The first-order valence-electron chi connectivity index (χ1n) is 4.04. The van der Waals surface area contributed by atoms with E-state index in [1.807, 2.05) is 0 Å². The number of carboxylic acids is 1. The summed E-state index contributed by atoms with van der Waals surface area (Å²) in [5.74, 6) is -1.34. The second kappa shape index (κ2) is 4.08. The molecule has 0 radical (unpaired) electrons. The van der Waals surface area contributed by atoms with Crippen molar-refractivity contribution < 1.29 is 15.0 Å². The molecular weight excluding hydrogens is 184 g/mol. The molecule has 0 heterocycles. The zero-order valence-corrected chi connectivity index (χ0v) is 7.42. The number of hydrogen-bond donors (Lipinski definition) is 4. The van der Waals surface area contributed by atoms with Crippen LogP contribution in [-0.2, 0) is 4.79 Å². The maximum absolute atomic E-state index is 10.4. The molecule has 0 bridgehead atoms. The van der Waals surface area contributed by atoms with Gasteiger partial charge < -0.3 is 21.7 Å². The number of benzene rings is 1. The Bertz CT molecular complexity index is 323. The first-order chi connectivity index (χ1) is 6.52. The molecule has 6 N–H and O–H groups in total. The van der Waals surface area contributed by atoms with Crippen molar-refractivity contribution in [3.8, 4) is 0 Å². The second-order valence-electron chi connectivity index (χ2n) is 2.98. The summed E-state index contributed by atoms with van der Waals surface area (Å²) >= 11 is 0. The monoisotopic (exact) mass is 196 g/mol. The summed E-state index contributed by atoms with van der Waals surface area (Å²) in [6.45, 7) is 0. The van der Waals surface area contributed by atoms with Crippen molar-refractivity contribution in [1.82, 2.24) is 0 Å². The zero-order valence-electron chi connectivity index (χ0n) is 7.42. The van der Waals surface area contributed by atoms with Gasteiger partial charge in [-0.05, 0) is 17.7 Å². The number of nitrogen functional groups attached to an aromatic ring is 1. The summed E-state index contributed by atoms with van der Waals surface area (Å²) in [7, 11) is 0. The molecule has 14 heavy (non-hydrogen) atoms. The van der Waals surface area contributed by atoms with E-state index in [0.29, 0.717) is 11.3 Å². The lowest BCUT2D eigenvalue weighted by atomic mass is 10.0. The SMILES string of the molecule is Nc1ccc(C(N)C(O)C(=O)O)cc1. The van der Waals surface area contributed by atoms with Gasteiger partial charge in [0.25, 0.3) is 0 Å². The zero-order chi connectivity index (χ0) is 10.7. The Morgan fingerprint density at radius 3 is 2.21 bits per heavy atom. The number of aliphatic hydroxyl groups is 1. The fourth-order valence-corrected chi connectivity index (χ4v) is 1.05. The Morgan fingerprint density at radius 2 is 1.79 bits per heavy atom. The van der Waals surface area contributed by atoms with E-state index >= 15 is 0 Å². The molecule has 2 unspecified atom stereocenters. The van der Waals surface area contributed by atoms with Gasteiger partial charge in [-0.2, -0.15) is 0 Å². The van der Waals surface area contributed by atoms with Gasteiger partial charge in [-0.3, -0.25) is 0 Å². The molecule has 1 aromatic carbocycles. The molecule has 1 aromatic rings. The molecule has 5 heteroatoms. The highest BCUT2D eigenvalue weighted by atomic mass is 16.4. The molecule has 0 spiro atoms. The van der Waals surface area contributed by atoms with Gasteiger partial charge >= 0.3 is 5.97 Å². The fourth-order valence-electron chi connectivity index (χ4n) is 1.05. The van der Waals surface area contributed by atoms with Crippen LogP contribution in [0.2, 0.25) is 0 Å². The van der Waals surface area contributed by atoms with Crippen LogP contribution in [0.5, 0.6) is 0 Å². The molecule has 0 aliphatic carbocycles. The fraction of sp³-hybridized carbons (Fsp3) is 0.222. The Labute approximate surface area is 81.0 Å². The lowest BCUT2D eigenvalue weighted by Crippen LogP contribution is -2.33. The highest BCUT2D eigenvalue weighted by Crippen LogP contribution is 2.15. The molecule has 0 fully saturated rings. The van der Waals surface area contributed by atoms with E-state index in [0.717, 1.165) is 0 Å². The number of rotatable bonds is 3. The molecule has 5 nitrogen and oxygen atoms in total. The standard InChI is InChI=1S/C9H12N2O3/c10-6-3-1-5(2-4-6)7(11)8(12)9(13)14/h1-4,7-8,12H,10-11H2,(H,13,14). The molecule has 0 amide bonds. The van der Waals surface area contributed by atoms with Crippen molar-refractivity contribution in [1.29, 1.82) is 0 Å². The van der Waals surface area contributed by atoms with Crippen LogP contribution in [0.4, 0.5) is 5.69 Å². The van der Waals surface area contributed by atoms with Crippen molar-refractivity contribution in [2.45, 2.75) is 12.1 Å². The van der Waals surface area contributed by atoms with Gasteiger partial charge in [0.15, 0.2) is 6.10 Å². The number of aliphatic carboxylic acids is 1. The van der Waals surface area contributed by atoms with E-state index in [4.69, 9.17) is 21.7 Å². The van der Waals surface area contributed by atoms with Crippen LogP contribution < -0.4 is 11.5 Å². The molecule has 2 atom stereocenters.